The molecule has 0 aromatic carbocycles. The van der Waals surface area contributed by atoms with Crippen molar-refractivity contribution in [3.8, 4) is 0 Å². The van der Waals surface area contributed by atoms with E-state index >= 15 is 0 Å². The first-order valence-corrected chi connectivity index (χ1v) is 7.72. The number of nitrogens with one attached hydrogen (secondary N) is 1. The first kappa shape index (κ1) is 14.3. The average Bonchev–Trinajstić information content (AvgIpc) is 2.40. The zero-order chi connectivity index (χ0) is 12.8. The van der Waals surface area contributed by atoms with Gasteiger partial charge in [-0.2, -0.15) is 0 Å². The molecule has 0 amide bonds. The first-order valence-electron chi connectivity index (χ1n) is 7.72. The molecule has 0 spiro atoms. The van der Waals surface area contributed by atoms with Gasteiger partial charge >= 0.3 is 0 Å². The Labute approximate surface area is 112 Å². The summed E-state index contributed by atoms with van der Waals surface area (Å²) in [7, 11) is 3.96. The van der Waals surface area contributed by atoms with Gasteiger partial charge in [0.15, 0.2) is 0 Å². The number of rotatable bonds is 5. The van der Waals surface area contributed by atoms with E-state index in [1.54, 1.807) is 0 Å². The summed E-state index contributed by atoms with van der Waals surface area (Å²) in [6, 6.07) is 0.751. The molecule has 106 valence electrons. The number of nitrogens with zero attached hydrogens (tertiary/aromatic N) is 1. The average molecular weight is 254 g/mol. The summed E-state index contributed by atoms with van der Waals surface area (Å²) in [6.45, 7) is 4.79. The minimum atomic E-state index is 0.751. The summed E-state index contributed by atoms with van der Waals surface area (Å²) >= 11 is 0. The minimum Gasteiger partial charge on any atom is -0.384 e. The van der Waals surface area contributed by atoms with Crippen molar-refractivity contribution in [3.63, 3.8) is 0 Å². The third kappa shape index (κ3) is 3.94. The van der Waals surface area contributed by atoms with Crippen LogP contribution in [0.5, 0.6) is 0 Å². The number of ether oxygens (including phenoxy) is 1. The van der Waals surface area contributed by atoms with E-state index in [9.17, 15) is 0 Å². The Kier molecular flexibility index (Phi) is 5.93. The molecule has 0 aromatic rings. The normalized spacial score (nSPS) is 34.7. The van der Waals surface area contributed by atoms with Gasteiger partial charge in [0.1, 0.15) is 0 Å². The summed E-state index contributed by atoms with van der Waals surface area (Å²) in [4.78, 5) is 2.69. The summed E-state index contributed by atoms with van der Waals surface area (Å²) in [6.07, 6.45) is 8.33. The van der Waals surface area contributed by atoms with Gasteiger partial charge in [-0.05, 0) is 51.1 Å². The van der Waals surface area contributed by atoms with E-state index in [0.717, 1.165) is 24.5 Å². The molecule has 1 heterocycles. The fourth-order valence-corrected chi connectivity index (χ4v) is 3.83. The van der Waals surface area contributed by atoms with Crippen molar-refractivity contribution in [3.05, 3.63) is 0 Å². The number of likely N-dealkylation sites (tertiary alicyclic amines) is 1. The van der Waals surface area contributed by atoms with Crippen LogP contribution < -0.4 is 5.32 Å². The number of methoxy groups -OCH3 is 1. The van der Waals surface area contributed by atoms with Crippen LogP contribution in [0.1, 0.15) is 38.5 Å². The highest BCUT2D eigenvalue weighted by Crippen LogP contribution is 2.27. The molecule has 2 fully saturated rings. The Balaban J connectivity index is 1.80. The molecule has 18 heavy (non-hydrogen) atoms. The van der Waals surface area contributed by atoms with Crippen molar-refractivity contribution in [1.29, 1.82) is 0 Å². The van der Waals surface area contributed by atoms with Gasteiger partial charge in [0.2, 0.25) is 0 Å². The predicted molar refractivity (Wildman–Crippen MR) is 75.8 cm³/mol. The van der Waals surface area contributed by atoms with E-state index in [-0.39, 0.29) is 0 Å². The van der Waals surface area contributed by atoms with Crippen LogP contribution >= 0.6 is 0 Å². The zero-order valence-corrected chi connectivity index (χ0v) is 12.2. The van der Waals surface area contributed by atoms with Crippen LogP contribution in [0.4, 0.5) is 0 Å². The monoisotopic (exact) mass is 254 g/mol. The molecule has 0 aromatic heterocycles. The van der Waals surface area contributed by atoms with Gasteiger partial charge in [0.25, 0.3) is 0 Å². The van der Waals surface area contributed by atoms with Crippen LogP contribution in [-0.2, 0) is 4.74 Å². The third-order valence-electron chi connectivity index (χ3n) is 4.78. The molecule has 1 N–H and O–H groups in total. The van der Waals surface area contributed by atoms with Crippen molar-refractivity contribution in [2.45, 2.75) is 44.6 Å². The molecule has 3 nitrogen and oxygen atoms in total. The lowest BCUT2D eigenvalue weighted by Gasteiger charge is -2.39. The lowest BCUT2D eigenvalue weighted by Crippen LogP contribution is -2.46. The molecule has 2 aliphatic rings. The Morgan fingerprint density at radius 2 is 2.00 bits per heavy atom. The summed E-state index contributed by atoms with van der Waals surface area (Å²) in [5.74, 6) is 1.63. The highest BCUT2D eigenvalue weighted by Gasteiger charge is 2.28. The summed E-state index contributed by atoms with van der Waals surface area (Å²) < 4.78 is 5.32. The molecule has 0 bridgehead atoms. The highest BCUT2D eigenvalue weighted by atomic mass is 16.5. The highest BCUT2D eigenvalue weighted by molar-refractivity contribution is 4.84. The second-order valence-electron chi connectivity index (χ2n) is 6.16. The predicted octanol–water partition coefficient (Wildman–Crippen LogP) is 2.12. The van der Waals surface area contributed by atoms with E-state index in [0.29, 0.717) is 0 Å². The quantitative estimate of drug-likeness (QED) is 0.813. The number of hydrogen-bond donors (Lipinski definition) is 1. The van der Waals surface area contributed by atoms with Crippen LogP contribution in [0.15, 0.2) is 0 Å². The Morgan fingerprint density at radius 1 is 1.17 bits per heavy atom. The third-order valence-corrected chi connectivity index (χ3v) is 4.78. The molecule has 0 radical (unpaired) electrons. The topological polar surface area (TPSA) is 24.5 Å². The maximum atomic E-state index is 5.32. The molecular formula is C15H30N2O. The van der Waals surface area contributed by atoms with Crippen molar-refractivity contribution >= 4 is 0 Å². The van der Waals surface area contributed by atoms with Crippen LogP contribution in [0.3, 0.4) is 0 Å². The van der Waals surface area contributed by atoms with Gasteiger partial charge in [-0.15, -0.1) is 0 Å². The molecule has 3 atom stereocenters. The Bertz CT molecular complexity index is 233. The molecule has 1 aliphatic carbocycles. The largest absolute Gasteiger partial charge is 0.384 e. The van der Waals surface area contributed by atoms with Crippen molar-refractivity contribution < 1.29 is 4.74 Å². The van der Waals surface area contributed by atoms with Crippen LogP contribution in [-0.4, -0.2) is 51.3 Å². The maximum absolute atomic E-state index is 5.32. The van der Waals surface area contributed by atoms with E-state index < -0.39 is 0 Å². The zero-order valence-electron chi connectivity index (χ0n) is 12.2. The van der Waals surface area contributed by atoms with Gasteiger partial charge in [-0.3, -0.25) is 0 Å². The van der Waals surface area contributed by atoms with Crippen LogP contribution in [0.25, 0.3) is 0 Å². The van der Waals surface area contributed by atoms with E-state index in [2.05, 4.69) is 17.3 Å². The number of hydrogen-bond acceptors (Lipinski definition) is 3. The van der Waals surface area contributed by atoms with E-state index in [1.165, 1.54) is 58.2 Å². The lowest BCUT2D eigenvalue weighted by atomic mass is 9.83. The SMILES string of the molecule is CNC1CCCCC1CN1CCCC(COC)C1. The Morgan fingerprint density at radius 3 is 2.78 bits per heavy atom. The van der Waals surface area contributed by atoms with Gasteiger partial charge in [0, 0.05) is 26.2 Å². The standard InChI is InChI=1S/C15H30N2O/c1-16-15-8-4-3-7-14(15)11-17-9-5-6-13(10-17)12-18-2/h13-16H,3-12H2,1-2H3. The second kappa shape index (κ2) is 7.46. The smallest absolute Gasteiger partial charge is 0.0502 e. The van der Waals surface area contributed by atoms with E-state index in [1.807, 2.05) is 7.11 Å². The van der Waals surface area contributed by atoms with Gasteiger partial charge in [0.05, 0.1) is 6.61 Å². The Hall–Kier alpha value is -0.120. The van der Waals surface area contributed by atoms with Crippen LogP contribution in [0, 0.1) is 11.8 Å². The molecule has 2 rings (SSSR count). The van der Waals surface area contributed by atoms with E-state index in [4.69, 9.17) is 4.74 Å². The van der Waals surface area contributed by atoms with Gasteiger partial charge < -0.3 is 15.0 Å². The van der Waals surface area contributed by atoms with Gasteiger partial charge in [-0.25, -0.2) is 0 Å². The fraction of sp³-hybridized carbons (Fsp3) is 1.00. The first-order chi connectivity index (χ1) is 8.83. The number of piperidine rings is 1. The van der Waals surface area contributed by atoms with Crippen LogP contribution in [0.2, 0.25) is 0 Å². The maximum Gasteiger partial charge on any atom is 0.0502 e. The molecule has 1 aliphatic heterocycles. The lowest BCUT2D eigenvalue weighted by molar-refractivity contribution is 0.0737. The molecule has 1 saturated carbocycles. The fourth-order valence-electron chi connectivity index (χ4n) is 3.83. The minimum absolute atomic E-state index is 0.751. The molecule has 1 saturated heterocycles. The molecule has 3 heteroatoms. The molecule has 3 unspecified atom stereocenters. The van der Waals surface area contributed by atoms with Crippen molar-refractivity contribution in [2.75, 3.05) is 40.4 Å². The summed E-state index contributed by atoms with van der Waals surface area (Å²) in [5.41, 5.74) is 0. The second-order valence-corrected chi connectivity index (χ2v) is 6.16. The van der Waals surface area contributed by atoms with Crippen molar-refractivity contribution in [2.24, 2.45) is 11.8 Å². The summed E-state index contributed by atoms with van der Waals surface area (Å²) in [5, 5.41) is 3.53. The van der Waals surface area contributed by atoms with Crippen molar-refractivity contribution in [1.82, 2.24) is 10.2 Å². The molecular weight excluding hydrogens is 224 g/mol. The van der Waals surface area contributed by atoms with Gasteiger partial charge in [-0.1, -0.05) is 12.8 Å².